The topological polar surface area (TPSA) is 44.8 Å². The van der Waals surface area contributed by atoms with Gasteiger partial charge in [0.25, 0.3) is 0 Å². The molecule has 1 saturated carbocycles. The van der Waals surface area contributed by atoms with Crippen molar-refractivity contribution < 1.29 is 9.53 Å². The van der Waals surface area contributed by atoms with Crippen molar-refractivity contribution in [2.75, 3.05) is 45.9 Å². The quantitative estimate of drug-likeness (QED) is 0.732. The van der Waals surface area contributed by atoms with E-state index in [1.165, 1.54) is 19.3 Å². The molecule has 3 fully saturated rings. The van der Waals surface area contributed by atoms with Gasteiger partial charge in [-0.25, -0.2) is 0 Å². The van der Waals surface area contributed by atoms with E-state index in [4.69, 9.17) is 4.74 Å². The lowest BCUT2D eigenvalue weighted by Crippen LogP contribution is -2.58. The summed E-state index contributed by atoms with van der Waals surface area (Å²) >= 11 is 0. The molecule has 2 saturated heterocycles. The number of hydrogen-bond donors (Lipinski definition) is 1. The highest BCUT2D eigenvalue weighted by Gasteiger charge is 2.32. The maximum Gasteiger partial charge on any atom is 0.242 e. The van der Waals surface area contributed by atoms with E-state index >= 15 is 0 Å². The molecule has 0 radical (unpaired) electrons. The summed E-state index contributed by atoms with van der Waals surface area (Å²) in [5.41, 5.74) is 0. The van der Waals surface area contributed by atoms with Gasteiger partial charge < -0.3 is 15.0 Å². The van der Waals surface area contributed by atoms with Crippen LogP contribution in [0, 0.1) is 0 Å². The lowest BCUT2D eigenvalue weighted by Gasteiger charge is -2.43. The van der Waals surface area contributed by atoms with Gasteiger partial charge in [-0.2, -0.15) is 0 Å². The van der Waals surface area contributed by atoms with Crippen molar-refractivity contribution in [2.45, 2.75) is 31.3 Å². The number of ether oxygens (including phenoxy) is 1. The molecule has 0 bridgehead atoms. The molecule has 0 aromatic heterocycles. The zero-order valence-electron chi connectivity index (χ0n) is 10.9. The van der Waals surface area contributed by atoms with Crippen LogP contribution in [0.25, 0.3) is 0 Å². The Bertz CT molecular complexity index is 293. The average Bonchev–Trinajstić information content (AvgIpc) is 2.38. The first kappa shape index (κ1) is 12.4. The van der Waals surface area contributed by atoms with E-state index in [0.717, 1.165) is 45.4 Å². The molecule has 5 nitrogen and oxygen atoms in total. The molecular weight excluding hydrogens is 230 g/mol. The second-order valence-corrected chi connectivity index (χ2v) is 5.53. The Kier molecular flexibility index (Phi) is 3.82. The Morgan fingerprint density at radius 1 is 1.17 bits per heavy atom. The number of nitrogens with one attached hydrogen (secondary N) is 1. The summed E-state index contributed by atoms with van der Waals surface area (Å²) in [4.78, 5) is 16.8. The highest BCUT2D eigenvalue weighted by Crippen LogP contribution is 2.25. The van der Waals surface area contributed by atoms with Crippen LogP contribution in [0.5, 0.6) is 0 Å². The van der Waals surface area contributed by atoms with E-state index < -0.39 is 0 Å². The number of piperazine rings is 1. The number of nitrogens with zero attached hydrogens (tertiary/aromatic N) is 2. The van der Waals surface area contributed by atoms with Gasteiger partial charge in [0.15, 0.2) is 0 Å². The van der Waals surface area contributed by atoms with Crippen LogP contribution in [0.4, 0.5) is 0 Å². The molecule has 1 unspecified atom stereocenters. The Balaban J connectivity index is 1.47. The molecule has 18 heavy (non-hydrogen) atoms. The second-order valence-electron chi connectivity index (χ2n) is 5.53. The van der Waals surface area contributed by atoms with Gasteiger partial charge in [-0.1, -0.05) is 6.42 Å². The van der Waals surface area contributed by atoms with Crippen molar-refractivity contribution in [3.63, 3.8) is 0 Å². The minimum Gasteiger partial charge on any atom is -0.378 e. The van der Waals surface area contributed by atoms with Crippen molar-refractivity contribution >= 4 is 5.91 Å². The van der Waals surface area contributed by atoms with E-state index in [-0.39, 0.29) is 11.9 Å². The van der Waals surface area contributed by atoms with Crippen LogP contribution < -0.4 is 5.32 Å². The fraction of sp³-hybridized carbons (Fsp3) is 0.923. The van der Waals surface area contributed by atoms with Crippen LogP contribution in [0.2, 0.25) is 0 Å². The van der Waals surface area contributed by atoms with Gasteiger partial charge >= 0.3 is 0 Å². The van der Waals surface area contributed by atoms with Gasteiger partial charge in [-0.15, -0.1) is 0 Å². The highest BCUT2D eigenvalue weighted by atomic mass is 16.5. The zero-order chi connectivity index (χ0) is 12.4. The van der Waals surface area contributed by atoms with Gasteiger partial charge in [-0.05, 0) is 12.8 Å². The summed E-state index contributed by atoms with van der Waals surface area (Å²) in [6.07, 6.45) is 4.09. The van der Waals surface area contributed by atoms with Crippen molar-refractivity contribution in [3.05, 3.63) is 0 Å². The Hall–Kier alpha value is -0.650. The van der Waals surface area contributed by atoms with E-state index in [1.807, 2.05) is 4.90 Å². The number of rotatable bonds is 2. The molecule has 1 amide bonds. The van der Waals surface area contributed by atoms with Gasteiger partial charge in [0.1, 0.15) is 6.04 Å². The normalized spacial score (nSPS) is 31.1. The van der Waals surface area contributed by atoms with Crippen molar-refractivity contribution in [2.24, 2.45) is 0 Å². The van der Waals surface area contributed by atoms with E-state index in [0.29, 0.717) is 6.61 Å². The molecule has 1 aliphatic carbocycles. The van der Waals surface area contributed by atoms with E-state index in [2.05, 4.69) is 10.2 Å². The summed E-state index contributed by atoms with van der Waals surface area (Å²) in [5.74, 6) is 0.225. The van der Waals surface area contributed by atoms with Crippen LogP contribution >= 0.6 is 0 Å². The number of morpholine rings is 1. The van der Waals surface area contributed by atoms with Gasteiger partial charge in [-0.3, -0.25) is 9.69 Å². The minimum atomic E-state index is -0.117. The van der Waals surface area contributed by atoms with Crippen LogP contribution in [-0.2, 0) is 9.53 Å². The second kappa shape index (κ2) is 5.55. The first-order valence-corrected chi connectivity index (χ1v) is 7.18. The fourth-order valence-corrected chi connectivity index (χ4v) is 3.00. The smallest absolute Gasteiger partial charge is 0.242 e. The largest absolute Gasteiger partial charge is 0.378 e. The lowest BCUT2D eigenvalue weighted by atomic mass is 9.91. The monoisotopic (exact) mass is 253 g/mol. The Morgan fingerprint density at radius 3 is 2.50 bits per heavy atom. The molecule has 102 valence electrons. The van der Waals surface area contributed by atoms with Crippen LogP contribution in [0.15, 0.2) is 0 Å². The third kappa shape index (κ3) is 2.53. The number of carbonyl (C=O) groups is 1. The summed E-state index contributed by atoms with van der Waals surface area (Å²) in [6, 6.07) is 0.687. The average molecular weight is 253 g/mol. The van der Waals surface area contributed by atoms with E-state index in [9.17, 15) is 4.79 Å². The van der Waals surface area contributed by atoms with Gasteiger partial charge in [0, 0.05) is 38.8 Å². The molecule has 0 aromatic carbocycles. The zero-order valence-corrected chi connectivity index (χ0v) is 10.9. The van der Waals surface area contributed by atoms with Crippen LogP contribution in [0.1, 0.15) is 19.3 Å². The number of hydrogen-bond acceptors (Lipinski definition) is 4. The fourth-order valence-electron chi connectivity index (χ4n) is 3.00. The number of carbonyl (C=O) groups excluding carboxylic acids is 1. The van der Waals surface area contributed by atoms with Crippen LogP contribution in [-0.4, -0.2) is 73.7 Å². The summed E-state index contributed by atoms with van der Waals surface area (Å²) in [7, 11) is 0. The SMILES string of the molecule is O=C(C1COCCN1)N1CCN(C2CCC2)CC1. The highest BCUT2D eigenvalue weighted by molar-refractivity contribution is 5.82. The predicted molar refractivity (Wildman–Crippen MR) is 68.4 cm³/mol. The predicted octanol–water partition coefficient (Wildman–Crippen LogP) is -0.328. The molecule has 3 aliphatic rings. The Labute approximate surface area is 108 Å². The maximum absolute atomic E-state index is 12.3. The maximum atomic E-state index is 12.3. The molecule has 3 rings (SSSR count). The molecule has 2 aliphatic heterocycles. The number of amides is 1. The molecule has 2 heterocycles. The lowest BCUT2D eigenvalue weighted by molar-refractivity contribution is -0.138. The Morgan fingerprint density at radius 2 is 1.94 bits per heavy atom. The van der Waals surface area contributed by atoms with Crippen molar-refractivity contribution in [1.29, 1.82) is 0 Å². The standard InChI is InChI=1S/C13H23N3O2/c17-13(12-10-18-9-4-14-12)16-7-5-15(6-8-16)11-2-1-3-11/h11-12,14H,1-10H2. The molecule has 5 heteroatoms. The molecular formula is C13H23N3O2. The van der Waals surface area contributed by atoms with Crippen LogP contribution in [0.3, 0.4) is 0 Å². The van der Waals surface area contributed by atoms with E-state index in [1.54, 1.807) is 0 Å². The molecule has 1 atom stereocenters. The third-order valence-corrected chi connectivity index (χ3v) is 4.44. The summed E-state index contributed by atoms with van der Waals surface area (Å²) in [6.45, 7) is 5.90. The first-order valence-electron chi connectivity index (χ1n) is 7.18. The molecule has 0 aromatic rings. The summed E-state index contributed by atoms with van der Waals surface area (Å²) < 4.78 is 5.36. The molecule has 1 N–H and O–H groups in total. The minimum absolute atomic E-state index is 0.117. The van der Waals surface area contributed by atoms with Gasteiger partial charge in [0.05, 0.1) is 13.2 Å². The summed E-state index contributed by atoms with van der Waals surface area (Å²) in [5, 5.41) is 3.24. The first-order chi connectivity index (χ1) is 8.84. The molecule has 0 spiro atoms. The van der Waals surface area contributed by atoms with Gasteiger partial charge in [0.2, 0.25) is 5.91 Å². The van der Waals surface area contributed by atoms with Crippen molar-refractivity contribution in [1.82, 2.24) is 15.1 Å². The third-order valence-electron chi connectivity index (χ3n) is 4.44. The van der Waals surface area contributed by atoms with Crippen molar-refractivity contribution in [3.8, 4) is 0 Å².